The molecule has 1 rings (SSSR count). The Balaban J connectivity index is 3.20. The number of sulfonamides is 1. The van der Waals surface area contributed by atoms with Gasteiger partial charge in [-0.3, -0.25) is 0 Å². The number of aromatic carboxylic acids is 1. The first-order chi connectivity index (χ1) is 9.34. The zero-order valence-corrected chi connectivity index (χ0v) is 13.6. The van der Waals surface area contributed by atoms with Gasteiger partial charge in [-0.1, -0.05) is 6.92 Å². The first-order valence-electron chi connectivity index (χ1n) is 5.86. The number of carboxylic acids is 1. The van der Waals surface area contributed by atoms with Gasteiger partial charge in [-0.25, -0.2) is 13.2 Å². The molecule has 20 heavy (non-hydrogen) atoms. The fourth-order valence-electron chi connectivity index (χ4n) is 1.62. The monoisotopic (exact) mass is 365 g/mol. The second-order valence-corrected chi connectivity index (χ2v) is 6.73. The van der Waals surface area contributed by atoms with Crippen LogP contribution in [-0.4, -0.2) is 50.6 Å². The zero-order valence-electron chi connectivity index (χ0n) is 11.2. The lowest BCUT2D eigenvalue weighted by atomic mass is 10.2. The van der Waals surface area contributed by atoms with Crippen molar-refractivity contribution in [2.24, 2.45) is 0 Å². The first-order valence-corrected chi connectivity index (χ1v) is 8.09. The number of halogens is 1. The van der Waals surface area contributed by atoms with E-state index in [9.17, 15) is 13.2 Å². The van der Waals surface area contributed by atoms with Gasteiger partial charge >= 0.3 is 5.97 Å². The highest BCUT2D eigenvalue weighted by Crippen LogP contribution is 2.23. The number of ether oxygens (including phenoxy) is 1. The fourth-order valence-corrected chi connectivity index (χ4v) is 3.50. The molecule has 0 saturated carbocycles. The molecular weight excluding hydrogens is 350 g/mol. The van der Waals surface area contributed by atoms with Gasteiger partial charge in [0.15, 0.2) is 0 Å². The largest absolute Gasteiger partial charge is 0.478 e. The molecule has 0 radical (unpaired) electrons. The van der Waals surface area contributed by atoms with Crippen molar-refractivity contribution in [2.45, 2.75) is 11.8 Å². The average Bonchev–Trinajstić information content (AvgIpc) is 2.39. The fraction of sp³-hybridized carbons (Fsp3) is 0.417. The Bertz CT molecular complexity index is 588. The summed E-state index contributed by atoms with van der Waals surface area (Å²) in [5.74, 6) is -1.19. The number of likely N-dealkylation sites (N-methyl/N-ethyl adjacent to an activating group) is 1. The minimum Gasteiger partial charge on any atom is -0.478 e. The Morgan fingerprint density at radius 1 is 1.45 bits per heavy atom. The van der Waals surface area contributed by atoms with Crippen LogP contribution >= 0.6 is 15.9 Å². The van der Waals surface area contributed by atoms with Crippen molar-refractivity contribution in [1.82, 2.24) is 4.31 Å². The normalized spacial score (nSPS) is 11.8. The van der Waals surface area contributed by atoms with Crippen LogP contribution in [0.1, 0.15) is 17.3 Å². The van der Waals surface area contributed by atoms with E-state index in [4.69, 9.17) is 9.84 Å². The van der Waals surface area contributed by atoms with Gasteiger partial charge in [-0.2, -0.15) is 4.31 Å². The maximum atomic E-state index is 12.4. The molecule has 0 aliphatic carbocycles. The average molecular weight is 366 g/mol. The van der Waals surface area contributed by atoms with Crippen LogP contribution in [-0.2, 0) is 14.8 Å². The quantitative estimate of drug-likeness (QED) is 0.796. The predicted molar refractivity (Wildman–Crippen MR) is 77.4 cm³/mol. The summed E-state index contributed by atoms with van der Waals surface area (Å²) in [5.41, 5.74) is -0.0890. The van der Waals surface area contributed by atoms with Crippen LogP contribution < -0.4 is 0 Å². The molecule has 6 nitrogen and oxygen atoms in total. The van der Waals surface area contributed by atoms with Gasteiger partial charge in [-0.15, -0.1) is 0 Å². The third kappa shape index (κ3) is 3.78. The predicted octanol–water partition coefficient (Wildman–Crippen LogP) is 1.80. The van der Waals surface area contributed by atoms with Gasteiger partial charge in [0.05, 0.1) is 17.1 Å². The van der Waals surface area contributed by atoms with E-state index in [0.29, 0.717) is 4.47 Å². The second-order valence-electron chi connectivity index (χ2n) is 3.94. The molecule has 112 valence electrons. The van der Waals surface area contributed by atoms with Crippen LogP contribution in [0.4, 0.5) is 0 Å². The maximum Gasteiger partial charge on any atom is 0.336 e. The number of carboxylic acid groups (broad SMARTS) is 1. The number of hydrogen-bond donors (Lipinski definition) is 1. The summed E-state index contributed by atoms with van der Waals surface area (Å²) in [6.45, 7) is 2.48. The summed E-state index contributed by atoms with van der Waals surface area (Å²) in [7, 11) is -2.24. The van der Waals surface area contributed by atoms with Crippen molar-refractivity contribution < 1.29 is 23.1 Å². The number of hydrogen-bond acceptors (Lipinski definition) is 4. The highest BCUT2D eigenvalue weighted by molar-refractivity contribution is 9.10. The van der Waals surface area contributed by atoms with Gasteiger partial charge in [0.2, 0.25) is 10.0 Å². The summed E-state index contributed by atoms with van der Waals surface area (Å²) in [5, 5.41) is 9.03. The van der Waals surface area contributed by atoms with Crippen molar-refractivity contribution in [3.8, 4) is 0 Å². The standard InChI is InChI=1S/C12H16BrNO5S/c1-3-14(6-7-19-2)20(17,18)9-4-5-11(13)10(8-9)12(15)16/h4-5,8H,3,6-7H2,1-2H3,(H,15,16). The van der Waals surface area contributed by atoms with E-state index >= 15 is 0 Å². The van der Waals surface area contributed by atoms with E-state index < -0.39 is 16.0 Å². The van der Waals surface area contributed by atoms with E-state index in [1.54, 1.807) is 6.92 Å². The molecule has 0 aliphatic heterocycles. The van der Waals surface area contributed by atoms with E-state index in [1.165, 1.54) is 23.5 Å². The molecule has 0 saturated heterocycles. The lowest BCUT2D eigenvalue weighted by Gasteiger charge is -2.20. The Kier molecular flexibility index (Phi) is 6.12. The summed E-state index contributed by atoms with van der Waals surface area (Å²) in [4.78, 5) is 11.0. The van der Waals surface area contributed by atoms with Crippen LogP contribution in [0.15, 0.2) is 27.6 Å². The van der Waals surface area contributed by atoms with E-state index in [0.717, 1.165) is 6.07 Å². The summed E-state index contributed by atoms with van der Waals surface area (Å²) >= 11 is 3.08. The molecule has 1 aromatic carbocycles. The van der Waals surface area contributed by atoms with Gasteiger partial charge in [0, 0.05) is 24.7 Å². The molecule has 0 atom stereocenters. The minimum absolute atomic E-state index is 0.0453. The number of rotatable bonds is 7. The topological polar surface area (TPSA) is 83.9 Å². The molecule has 0 bridgehead atoms. The van der Waals surface area contributed by atoms with Crippen molar-refractivity contribution in [3.05, 3.63) is 28.2 Å². The van der Waals surface area contributed by atoms with Crippen molar-refractivity contribution in [1.29, 1.82) is 0 Å². The van der Waals surface area contributed by atoms with Gasteiger partial charge in [0.25, 0.3) is 0 Å². The smallest absolute Gasteiger partial charge is 0.336 e. The van der Waals surface area contributed by atoms with Gasteiger partial charge in [-0.05, 0) is 34.1 Å². The number of carbonyl (C=O) groups is 1. The van der Waals surface area contributed by atoms with Crippen LogP contribution in [0.2, 0.25) is 0 Å². The van der Waals surface area contributed by atoms with E-state index in [-0.39, 0.29) is 30.2 Å². The molecule has 1 N–H and O–H groups in total. The number of methoxy groups -OCH3 is 1. The molecule has 0 fully saturated rings. The SMILES string of the molecule is CCN(CCOC)S(=O)(=O)c1ccc(Br)c(C(=O)O)c1. The molecule has 0 heterocycles. The summed E-state index contributed by atoms with van der Waals surface area (Å²) in [6, 6.07) is 3.94. The highest BCUT2D eigenvalue weighted by atomic mass is 79.9. The summed E-state index contributed by atoms with van der Waals surface area (Å²) < 4.78 is 31.3. The molecule has 0 amide bonds. The molecule has 0 aliphatic rings. The van der Waals surface area contributed by atoms with Crippen molar-refractivity contribution in [2.75, 3.05) is 26.8 Å². The summed E-state index contributed by atoms with van der Waals surface area (Å²) in [6.07, 6.45) is 0. The lowest BCUT2D eigenvalue weighted by molar-refractivity contribution is 0.0695. The Labute approximate surface area is 126 Å². The van der Waals surface area contributed by atoms with Crippen LogP contribution in [0.3, 0.4) is 0 Å². The molecule has 1 aromatic rings. The number of nitrogens with zero attached hydrogens (tertiary/aromatic N) is 1. The van der Waals surface area contributed by atoms with Gasteiger partial charge in [0.1, 0.15) is 0 Å². The second kappa shape index (κ2) is 7.16. The third-order valence-electron chi connectivity index (χ3n) is 2.70. The first kappa shape index (κ1) is 17.1. The van der Waals surface area contributed by atoms with Gasteiger partial charge < -0.3 is 9.84 Å². The minimum atomic E-state index is -3.73. The van der Waals surface area contributed by atoms with E-state index in [2.05, 4.69) is 15.9 Å². The molecule has 8 heteroatoms. The number of benzene rings is 1. The van der Waals surface area contributed by atoms with Crippen LogP contribution in [0.5, 0.6) is 0 Å². The Morgan fingerprint density at radius 3 is 2.60 bits per heavy atom. The highest BCUT2D eigenvalue weighted by Gasteiger charge is 2.24. The Hall–Kier alpha value is -0.960. The molecule has 0 aromatic heterocycles. The molecular formula is C12H16BrNO5S. The van der Waals surface area contributed by atoms with Crippen molar-refractivity contribution >= 4 is 31.9 Å². The molecule has 0 unspecified atom stereocenters. The van der Waals surface area contributed by atoms with Crippen LogP contribution in [0, 0.1) is 0 Å². The molecule has 0 spiro atoms. The lowest BCUT2D eigenvalue weighted by Crippen LogP contribution is -2.33. The van der Waals surface area contributed by atoms with E-state index in [1.807, 2.05) is 0 Å². The maximum absolute atomic E-state index is 12.4. The zero-order chi connectivity index (χ0) is 15.3. The van der Waals surface area contributed by atoms with Crippen LogP contribution in [0.25, 0.3) is 0 Å². The Morgan fingerprint density at radius 2 is 2.10 bits per heavy atom. The van der Waals surface area contributed by atoms with Crippen molar-refractivity contribution in [3.63, 3.8) is 0 Å². The third-order valence-corrected chi connectivity index (χ3v) is 5.37.